The summed E-state index contributed by atoms with van der Waals surface area (Å²) in [4.78, 5) is 14.8. The summed E-state index contributed by atoms with van der Waals surface area (Å²) in [6, 6.07) is 8.02. The number of piperidine rings is 1. The lowest BCUT2D eigenvalue weighted by Gasteiger charge is -2.35. The summed E-state index contributed by atoms with van der Waals surface area (Å²) in [5, 5.41) is 0. The minimum absolute atomic E-state index is 0.218. The van der Waals surface area contributed by atoms with Crippen molar-refractivity contribution in [3.63, 3.8) is 0 Å². The van der Waals surface area contributed by atoms with Gasteiger partial charge in [-0.3, -0.25) is 9.69 Å². The third-order valence-corrected chi connectivity index (χ3v) is 4.13. The van der Waals surface area contributed by atoms with Gasteiger partial charge in [0.25, 0.3) is 0 Å². The first-order chi connectivity index (χ1) is 9.74. The zero-order chi connectivity index (χ0) is 14.4. The highest BCUT2D eigenvalue weighted by molar-refractivity contribution is 5.97. The molecular weight excluding hydrogens is 250 g/mol. The molecule has 1 aliphatic rings. The van der Waals surface area contributed by atoms with Gasteiger partial charge in [-0.25, -0.2) is 0 Å². The van der Waals surface area contributed by atoms with Crippen LogP contribution in [-0.4, -0.2) is 36.9 Å². The average Bonchev–Trinajstić information content (AvgIpc) is 2.49. The van der Waals surface area contributed by atoms with E-state index in [1.165, 1.54) is 32.1 Å². The molecule has 110 valence electrons. The number of nitrogens with zero attached hydrogens (tertiary/aromatic N) is 1. The van der Waals surface area contributed by atoms with Crippen LogP contribution >= 0.6 is 0 Å². The van der Waals surface area contributed by atoms with Crippen molar-refractivity contribution in [1.82, 2.24) is 4.90 Å². The van der Waals surface area contributed by atoms with Gasteiger partial charge in [-0.1, -0.05) is 19.8 Å². The van der Waals surface area contributed by atoms with Crippen LogP contribution < -0.4 is 4.74 Å². The van der Waals surface area contributed by atoms with Gasteiger partial charge < -0.3 is 4.74 Å². The summed E-state index contributed by atoms with van der Waals surface area (Å²) < 4.78 is 5.13. The van der Waals surface area contributed by atoms with Crippen molar-refractivity contribution in [2.24, 2.45) is 0 Å². The number of ketones is 1. The molecule has 1 unspecified atom stereocenters. The van der Waals surface area contributed by atoms with Crippen molar-refractivity contribution in [3.05, 3.63) is 29.8 Å². The molecule has 1 aromatic rings. The second kappa shape index (κ2) is 7.44. The molecule has 1 heterocycles. The number of ether oxygens (including phenoxy) is 1. The van der Waals surface area contributed by atoms with E-state index in [9.17, 15) is 4.79 Å². The highest BCUT2D eigenvalue weighted by Gasteiger charge is 2.23. The summed E-state index contributed by atoms with van der Waals surface area (Å²) in [7, 11) is 1.64. The third kappa shape index (κ3) is 3.83. The van der Waals surface area contributed by atoms with Crippen molar-refractivity contribution in [3.8, 4) is 5.75 Å². The van der Waals surface area contributed by atoms with E-state index in [1.54, 1.807) is 7.11 Å². The minimum Gasteiger partial charge on any atom is -0.497 e. The standard InChI is InChI=1S/C17H25NO2/c1-3-6-15-7-4-5-12-18(15)13-17(19)14-8-10-16(20-2)11-9-14/h8-11,15H,3-7,12-13H2,1-2H3. The Hall–Kier alpha value is -1.35. The van der Waals surface area contributed by atoms with Crippen LogP contribution in [0.1, 0.15) is 49.4 Å². The maximum absolute atomic E-state index is 12.4. The molecule has 2 rings (SSSR count). The Balaban J connectivity index is 1.97. The van der Waals surface area contributed by atoms with Crippen molar-refractivity contribution < 1.29 is 9.53 Å². The lowest BCUT2D eigenvalue weighted by molar-refractivity contribution is 0.0831. The quantitative estimate of drug-likeness (QED) is 0.744. The lowest BCUT2D eigenvalue weighted by Crippen LogP contribution is -2.42. The smallest absolute Gasteiger partial charge is 0.176 e. The molecule has 0 saturated carbocycles. The Kier molecular flexibility index (Phi) is 5.60. The van der Waals surface area contributed by atoms with Crippen LogP contribution in [0.5, 0.6) is 5.75 Å². The lowest BCUT2D eigenvalue weighted by atomic mass is 9.97. The summed E-state index contributed by atoms with van der Waals surface area (Å²) >= 11 is 0. The molecule has 3 nitrogen and oxygen atoms in total. The summed E-state index contributed by atoms with van der Waals surface area (Å²) in [5.74, 6) is 1.01. The maximum Gasteiger partial charge on any atom is 0.176 e. The monoisotopic (exact) mass is 275 g/mol. The average molecular weight is 275 g/mol. The van der Waals surface area contributed by atoms with Crippen LogP contribution in [0.3, 0.4) is 0 Å². The number of benzene rings is 1. The van der Waals surface area contributed by atoms with Crippen molar-refractivity contribution >= 4 is 5.78 Å². The summed E-state index contributed by atoms with van der Waals surface area (Å²) in [5.41, 5.74) is 0.784. The number of methoxy groups -OCH3 is 1. The molecule has 1 aromatic carbocycles. The van der Waals surface area contributed by atoms with E-state index in [2.05, 4.69) is 11.8 Å². The van der Waals surface area contributed by atoms with Crippen LogP contribution in [0.15, 0.2) is 24.3 Å². The van der Waals surface area contributed by atoms with Gasteiger partial charge in [-0.15, -0.1) is 0 Å². The summed E-state index contributed by atoms with van der Waals surface area (Å²) in [6.45, 7) is 3.83. The Morgan fingerprint density at radius 1 is 1.30 bits per heavy atom. The number of carbonyl (C=O) groups excluding carboxylic acids is 1. The molecule has 1 atom stereocenters. The predicted octanol–water partition coefficient (Wildman–Crippen LogP) is 3.53. The Morgan fingerprint density at radius 3 is 2.70 bits per heavy atom. The van der Waals surface area contributed by atoms with E-state index in [0.29, 0.717) is 12.6 Å². The fourth-order valence-corrected chi connectivity index (χ4v) is 2.98. The van der Waals surface area contributed by atoms with Crippen molar-refractivity contribution in [1.29, 1.82) is 0 Å². The first-order valence-electron chi connectivity index (χ1n) is 7.66. The zero-order valence-corrected chi connectivity index (χ0v) is 12.6. The highest BCUT2D eigenvalue weighted by atomic mass is 16.5. The normalized spacial score (nSPS) is 19.8. The molecule has 1 fully saturated rings. The molecule has 0 radical (unpaired) electrons. The molecule has 0 bridgehead atoms. The second-order valence-electron chi connectivity index (χ2n) is 5.56. The molecule has 20 heavy (non-hydrogen) atoms. The molecule has 3 heteroatoms. The number of carbonyl (C=O) groups is 1. The van der Waals surface area contributed by atoms with Gasteiger partial charge in [-0.2, -0.15) is 0 Å². The van der Waals surface area contributed by atoms with Crippen LogP contribution in [-0.2, 0) is 0 Å². The zero-order valence-electron chi connectivity index (χ0n) is 12.6. The second-order valence-corrected chi connectivity index (χ2v) is 5.56. The first kappa shape index (κ1) is 15.0. The van der Waals surface area contributed by atoms with Crippen LogP contribution in [0.4, 0.5) is 0 Å². The molecule has 0 aromatic heterocycles. The Labute approximate surface area is 121 Å². The van der Waals surface area contributed by atoms with Gasteiger partial charge in [-0.05, 0) is 50.1 Å². The molecule has 0 N–H and O–H groups in total. The largest absolute Gasteiger partial charge is 0.497 e. The van der Waals surface area contributed by atoms with Crippen molar-refractivity contribution in [2.45, 2.75) is 45.1 Å². The Morgan fingerprint density at radius 2 is 2.05 bits per heavy atom. The van der Waals surface area contributed by atoms with E-state index < -0.39 is 0 Å². The van der Waals surface area contributed by atoms with Crippen LogP contribution in [0.25, 0.3) is 0 Å². The van der Waals surface area contributed by atoms with E-state index in [-0.39, 0.29) is 5.78 Å². The first-order valence-corrected chi connectivity index (χ1v) is 7.66. The van der Waals surface area contributed by atoms with Crippen molar-refractivity contribution in [2.75, 3.05) is 20.2 Å². The molecule has 0 spiro atoms. The highest BCUT2D eigenvalue weighted by Crippen LogP contribution is 2.21. The van der Waals surface area contributed by atoms with Gasteiger partial charge >= 0.3 is 0 Å². The fraction of sp³-hybridized carbons (Fsp3) is 0.588. The van der Waals surface area contributed by atoms with Crippen LogP contribution in [0, 0.1) is 0 Å². The van der Waals surface area contributed by atoms with Gasteiger partial charge in [0, 0.05) is 11.6 Å². The number of hydrogen-bond acceptors (Lipinski definition) is 3. The SMILES string of the molecule is CCCC1CCCCN1CC(=O)c1ccc(OC)cc1. The van der Waals surface area contributed by atoms with E-state index >= 15 is 0 Å². The van der Waals surface area contributed by atoms with Gasteiger partial charge in [0.2, 0.25) is 0 Å². The molecule has 0 amide bonds. The molecular formula is C17H25NO2. The Bertz CT molecular complexity index is 425. The topological polar surface area (TPSA) is 29.5 Å². The fourth-order valence-electron chi connectivity index (χ4n) is 2.98. The van der Waals surface area contributed by atoms with Gasteiger partial charge in [0.1, 0.15) is 5.75 Å². The number of hydrogen-bond donors (Lipinski definition) is 0. The number of likely N-dealkylation sites (tertiary alicyclic amines) is 1. The maximum atomic E-state index is 12.4. The molecule has 1 aliphatic heterocycles. The van der Waals surface area contributed by atoms with Crippen LogP contribution in [0.2, 0.25) is 0 Å². The number of Topliss-reactive ketones (excluding diaryl/α,β-unsaturated/α-hetero) is 1. The summed E-state index contributed by atoms with van der Waals surface area (Å²) in [6.07, 6.45) is 6.16. The van der Waals surface area contributed by atoms with E-state index in [4.69, 9.17) is 4.74 Å². The van der Waals surface area contributed by atoms with Gasteiger partial charge in [0.15, 0.2) is 5.78 Å². The van der Waals surface area contributed by atoms with Gasteiger partial charge in [0.05, 0.1) is 13.7 Å². The number of rotatable bonds is 6. The molecule has 1 saturated heterocycles. The van der Waals surface area contributed by atoms with E-state index in [1.807, 2.05) is 24.3 Å². The third-order valence-electron chi connectivity index (χ3n) is 4.13. The van der Waals surface area contributed by atoms with E-state index in [0.717, 1.165) is 17.9 Å². The predicted molar refractivity (Wildman–Crippen MR) is 81.4 cm³/mol. The molecule has 0 aliphatic carbocycles. The minimum atomic E-state index is 0.218.